The van der Waals surface area contributed by atoms with Crippen LogP contribution in [0.1, 0.15) is 11.3 Å². The van der Waals surface area contributed by atoms with Crippen LogP contribution in [0.4, 0.5) is 5.82 Å². The van der Waals surface area contributed by atoms with Gasteiger partial charge in [0.15, 0.2) is 0 Å². The zero-order valence-electron chi connectivity index (χ0n) is 11.5. The fourth-order valence-corrected chi connectivity index (χ4v) is 3.00. The number of nitrogens with two attached hydrogens (primary N) is 1. The van der Waals surface area contributed by atoms with E-state index in [4.69, 9.17) is 5.73 Å². The molecule has 1 heterocycles. The molecule has 108 valence electrons. The lowest BCUT2D eigenvalue weighted by molar-refractivity contribution is 0.600. The SMILES string of the molecule is Cc1ccccc1S(=O)(=O)Nc1cccc(C#CCN)n1. The average molecular weight is 301 g/mol. The molecule has 0 unspecified atom stereocenters. The minimum atomic E-state index is -3.67. The zero-order chi connectivity index (χ0) is 15.3. The average Bonchev–Trinajstić information content (AvgIpc) is 2.45. The van der Waals surface area contributed by atoms with Gasteiger partial charge in [0.1, 0.15) is 11.5 Å². The second-order valence-electron chi connectivity index (χ2n) is 4.28. The maximum atomic E-state index is 12.3. The van der Waals surface area contributed by atoms with Crippen LogP contribution in [-0.4, -0.2) is 19.9 Å². The van der Waals surface area contributed by atoms with Crippen molar-refractivity contribution in [3.63, 3.8) is 0 Å². The van der Waals surface area contributed by atoms with Gasteiger partial charge in [-0.1, -0.05) is 30.2 Å². The van der Waals surface area contributed by atoms with E-state index in [1.54, 1.807) is 49.4 Å². The van der Waals surface area contributed by atoms with E-state index in [1.807, 2.05) is 0 Å². The van der Waals surface area contributed by atoms with Crippen molar-refractivity contribution in [2.45, 2.75) is 11.8 Å². The number of nitrogens with one attached hydrogen (secondary N) is 1. The lowest BCUT2D eigenvalue weighted by Crippen LogP contribution is -2.15. The minimum Gasteiger partial charge on any atom is -0.320 e. The Hall–Kier alpha value is -2.36. The molecule has 6 heteroatoms. The number of nitrogens with zero attached hydrogens (tertiary/aromatic N) is 1. The molecular weight excluding hydrogens is 286 g/mol. The highest BCUT2D eigenvalue weighted by Gasteiger charge is 2.16. The number of pyridine rings is 1. The Balaban J connectivity index is 2.31. The van der Waals surface area contributed by atoms with E-state index >= 15 is 0 Å². The summed E-state index contributed by atoms with van der Waals surface area (Å²) in [5.74, 6) is 5.66. The Labute approximate surface area is 124 Å². The molecule has 2 aromatic rings. The van der Waals surface area contributed by atoms with Crippen LogP contribution in [0.3, 0.4) is 0 Å². The maximum Gasteiger partial charge on any atom is 0.263 e. The molecule has 3 N–H and O–H groups in total. The van der Waals surface area contributed by atoms with Gasteiger partial charge >= 0.3 is 0 Å². The molecular formula is C15H15N3O2S. The second-order valence-corrected chi connectivity index (χ2v) is 5.94. The summed E-state index contributed by atoms with van der Waals surface area (Å²) in [7, 11) is -3.67. The lowest BCUT2D eigenvalue weighted by Gasteiger charge is -2.09. The first kappa shape index (κ1) is 15.0. The van der Waals surface area contributed by atoms with Crippen LogP contribution in [0.2, 0.25) is 0 Å². The first-order valence-corrected chi connectivity index (χ1v) is 7.76. The standard InChI is InChI=1S/C15H15N3O2S/c1-12-6-2-3-9-14(12)21(19,20)18-15-10-4-7-13(17-15)8-5-11-16/h2-4,6-7,9-10H,11,16H2,1H3,(H,17,18). The Morgan fingerprint density at radius 3 is 2.67 bits per heavy atom. The van der Waals surface area contributed by atoms with Gasteiger partial charge in [0.25, 0.3) is 10.0 Å². The number of rotatable bonds is 3. The third-order valence-electron chi connectivity index (χ3n) is 2.69. The highest BCUT2D eigenvalue weighted by atomic mass is 32.2. The van der Waals surface area contributed by atoms with Gasteiger partial charge in [0.2, 0.25) is 0 Å². The summed E-state index contributed by atoms with van der Waals surface area (Å²) in [6.45, 7) is 1.96. The fraction of sp³-hybridized carbons (Fsp3) is 0.133. The van der Waals surface area contributed by atoms with E-state index < -0.39 is 10.0 Å². The van der Waals surface area contributed by atoms with Crippen molar-refractivity contribution in [3.8, 4) is 11.8 Å². The van der Waals surface area contributed by atoms with Crippen LogP contribution >= 0.6 is 0 Å². The smallest absolute Gasteiger partial charge is 0.263 e. The summed E-state index contributed by atoms with van der Waals surface area (Å²) in [4.78, 5) is 4.36. The van der Waals surface area contributed by atoms with Crippen LogP contribution < -0.4 is 10.5 Å². The molecule has 0 saturated heterocycles. The molecule has 0 fully saturated rings. The molecule has 0 bridgehead atoms. The normalized spacial score (nSPS) is 10.6. The van der Waals surface area contributed by atoms with E-state index in [-0.39, 0.29) is 17.3 Å². The van der Waals surface area contributed by atoms with Crippen molar-refractivity contribution in [2.75, 3.05) is 11.3 Å². The molecule has 21 heavy (non-hydrogen) atoms. The summed E-state index contributed by atoms with van der Waals surface area (Å²) in [6.07, 6.45) is 0. The molecule has 0 amide bonds. The van der Waals surface area contributed by atoms with E-state index in [0.29, 0.717) is 11.3 Å². The van der Waals surface area contributed by atoms with Crippen molar-refractivity contribution in [2.24, 2.45) is 5.73 Å². The van der Waals surface area contributed by atoms with E-state index in [9.17, 15) is 8.42 Å². The molecule has 0 aliphatic heterocycles. The van der Waals surface area contributed by atoms with Crippen molar-refractivity contribution in [3.05, 3.63) is 53.7 Å². The molecule has 2 rings (SSSR count). The topological polar surface area (TPSA) is 85.1 Å². The summed E-state index contributed by atoms with van der Waals surface area (Å²) in [5.41, 5.74) is 6.43. The van der Waals surface area contributed by atoms with Gasteiger partial charge in [0, 0.05) is 0 Å². The van der Waals surface area contributed by atoms with Gasteiger partial charge in [-0.05, 0) is 36.6 Å². The fourth-order valence-electron chi connectivity index (χ4n) is 1.75. The predicted octanol–water partition coefficient (Wildman–Crippen LogP) is 1.50. The number of anilines is 1. The van der Waals surface area contributed by atoms with Crippen molar-refractivity contribution in [1.82, 2.24) is 4.98 Å². The Morgan fingerprint density at radius 1 is 1.19 bits per heavy atom. The van der Waals surface area contributed by atoms with Gasteiger partial charge in [-0.3, -0.25) is 4.72 Å². The van der Waals surface area contributed by atoms with Gasteiger partial charge in [0.05, 0.1) is 11.4 Å². The third kappa shape index (κ3) is 3.81. The monoisotopic (exact) mass is 301 g/mol. The zero-order valence-corrected chi connectivity index (χ0v) is 12.3. The first-order chi connectivity index (χ1) is 10.0. The summed E-state index contributed by atoms with van der Waals surface area (Å²) >= 11 is 0. The first-order valence-electron chi connectivity index (χ1n) is 6.27. The number of aryl methyl sites for hydroxylation is 1. The Bertz CT molecular complexity index is 805. The van der Waals surface area contributed by atoms with Crippen LogP contribution in [0.15, 0.2) is 47.4 Å². The van der Waals surface area contributed by atoms with Crippen LogP contribution in [0, 0.1) is 18.8 Å². The van der Waals surface area contributed by atoms with E-state index in [1.165, 1.54) is 0 Å². The Kier molecular flexibility index (Phi) is 4.58. The molecule has 0 aliphatic rings. The van der Waals surface area contributed by atoms with Gasteiger partial charge in [-0.2, -0.15) is 0 Å². The minimum absolute atomic E-state index is 0.223. The quantitative estimate of drug-likeness (QED) is 0.841. The lowest BCUT2D eigenvalue weighted by atomic mass is 10.2. The number of hydrogen-bond donors (Lipinski definition) is 2. The van der Waals surface area contributed by atoms with Crippen molar-refractivity contribution in [1.29, 1.82) is 0 Å². The highest BCUT2D eigenvalue weighted by Crippen LogP contribution is 2.17. The molecule has 0 aliphatic carbocycles. The molecule has 1 aromatic carbocycles. The Morgan fingerprint density at radius 2 is 1.95 bits per heavy atom. The molecule has 0 radical (unpaired) electrons. The number of hydrogen-bond acceptors (Lipinski definition) is 4. The van der Waals surface area contributed by atoms with Gasteiger partial charge in [-0.15, -0.1) is 0 Å². The molecule has 0 atom stereocenters. The van der Waals surface area contributed by atoms with E-state index in [0.717, 1.165) is 0 Å². The highest BCUT2D eigenvalue weighted by molar-refractivity contribution is 7.92. The third-order valence-corrected chi connectivity index (χ3v) is 4.20. The van der Waals surface area contributed by atoms with Crippen LogP contribution in [0.25, 0.3) is 0 Å². The van der Waals surface area contributed by atoms with Gasteiger partial charge in [-0.25, -0.2) is 13.4 Å². The summed E-state index contributed by atoms with van der Waals surface area (Å²) in [5, 5.41) is 0. The maximum absolute atomic E-state index is 12.3. The molecule has 0 spiro atoms. The van der Waals surface area contributed by atoms with Gasteiger partial charge < -0.3 is 5.73 Å². The second kappa shape index (κ2) is 6.39. The number of aromatic nitrogens is 1. The summed E-state index contributed by atoms with van der Waals surface area (Å²) in [6, 6.07) is 11.7. The number of sulfonamides is 1. The van der Waals surface area contributed by atoms with E-state index in [2.05, 4.69) is 21.5 Å². The van der Waals surface area contributed by atoms with Crippen LogP contribution in [0.5, 0.6) is 0 Å². The molecule has 1 aromatic heterocycles. The number of benzene rings is 1. The van der Waals surface area contributed by atoms with Crippen molar-refractivity contribution < 1.29 is 8.42 Å². The molecule has 5 nitrogen and oxygen atoms in total. The molecule has 0 saturated carbocycles. The summed E-state index contributed by atoms with van der Waals surface area (Å²) < 4.78 is 27.1. The van der Waals surface area contributed by atoms with Crippen LogP contribution in [-0.2, 0) is 10.0 Å². The van der Waals surface area contributed by atoms with Crippen molar-refractivity contribution >= 4 is 15.8 Å². The predicted molar refractivity (Wildman–Crippen MR) is 82.2 cm³/mol. The largest absolute Gasteiger partial charge is 0.320 e.